The third-order valence-electron chi connectivity index (χ3n) is 3.34. The third-order valence-corrected chi connectivity index (χ3v) is 4.08. The minimum atomic E-state index is -0.487. The second-order valence-corrected chi connectivity index (χ2v) is 7.04. The Balaban J connectivity index is 0.00000529. The maximum atomic E-state index is 12.0. The Morgan fingerprint density at radius 3 is 2.38 bits per heavy atom. The van der Waals surface area contributed by atoms with E-state index >= 15 is 0 Å². The summed E-state index contributed by atoms with van der Waals surface area (Å²) in [7, 11) is 0. The fraction of sp³-hybridized carbons (Fsp3) is 0.500. The van der Waals surface area contributed by atoms with Crippen LogP contribution in [0, 0.1) is 5.92 Å². The van der Waals surface area contributed by atoms with Crippen LogP contribution in [-0.2, 0) is 4.79 Å². The molecular formula is C16H24Cl3N3O2. The van der Waals surface area contributed by atoms with E-state index in [1.165, 1.54) is 12.1 Å². The molecule has 8 heteroatoms. The quantitative estimate of drug-likeness (QED) is 0.662. The van der Waals surface area contributed by atoms with Gasteiger partial charge in [0.25, 0.3) is 5.91 Å². The zero-order valence-corrected chi connectivity index (χ0v) is 16.3. The molecular weight excluding hydrogens is 373 g/mol. The van der Waals surface area contributed by atoms with Crippen LogP contribution in [0.2, 0.25) is 10.0 Å². The molecule has 136 valence electrons. The Morgan fingerprint density at radius 2 is 1.88 bits per heavy atom. The van der Waals surface area contributed by atoms with Crippen LogP contribution in [0.5, 0.6) is 0 Å². The average molecular weight is 397 g/mol. The number of halogens is 3. The number of rotatable bonds is 7. The molecule has 0 saturated heterocycles. The maximum absolute atomic E-state index is 12.0. The standard InChI is InChI=1S/C16H23Cl2N3O2.ClH/c1-10(2)7-16(3,9-19)21-14(22)8-20-15(23)11-4-5-12(17)13(18)6-11;/h4-6,10H,7-9,19H2,1-3H3,(H,20,23)(H,21,22);1H. The Labute approximate surface area is 159 Å². The van der Waals surface area contributed by atoms with Gasteiger partial charge < -0.3 is 16.4 Å². The molecule has 0 spiro atoms. The number of amides is 2. The molecule has 0 saturated carbocycles. The summed E-state index contributed by atoms with van der Waals surface area (Å²) in [6.07, 6.45) is 0.760. The van der Waals surface area contributed by atoms with E-state index in [0.717, 1.165) is 6.42 Å². The normalized spacial score (nSPS) is 13.0. The highest BCUT2D eigenvalue weighted by molar-refractivity contribution is 6.42. The molecule has 0 fully saturated rings. The highest BCUT2D eigenvalue weighted by atomic mass is 35.5. The van der Waals surface area contributed by atoms with E-state index in [9.17, 15) is 9.59 Å². The monoisotopic (exact) mass is 395 g/mol. The molecule has 1 unspecified atom stereocenters. The van der Waals surface area contributed by atoms with Crippen LogP contribution in [0.3, 0.4) is 0 Å². The summed E-state index contributed by atoms with van der Waals surface area (Å²) in [5, 5.41) is 6.08. The van der Waals surface area contributed by atoms with Crippen molar-refractivity contribution in [2.75, 3.05) is 13.1 Å². The SMILES string of the molecule is CC(C)CC(C)(CN)NC(=O)CNC(=O)c1ccc(Cl)c(Cl)c1.Cl. The van der Waals surface area contributed by atoms with E-state index in [-0.39, 0.29) is 29.9 Å². The summed E-state index contributed by atoms with van der Waals surface area (Å²) in [5.41, 5.74) is 5.61. The lowest BCUT2D eigenvalue weighted by Crippen LogP contribution is -2.54. The summed E-state index contributed by atoms with van der Waals surface area (Å²) in [4.78, 5) is 24.0. The van der Waals surface area contributed by atoms with Crippen molar-refractivity contribution in [2.45, 2.75) is 32.7 Å². The molecule has 24 heavy (non-hydrogen) atoms. The smallest absolute Gasteiger partial charge is 0.251 e. The molecule has 1 rings (SSSR count). The lowest BCUT2D eigenvalue weighted by atomic mass is 9.91. The summed E-state index contributed by atoms with van der Waals surface area (Å²) < 4.78 is 0. The van der Waals surface area contributed by atoms with Crippen molar-refractivity contribution >= 4 is 47.4 Å². The molecule has 5 nitrogen and oxygen atoms in total. The molecule has 2 amide bonds. The van der Waals surface area contributed by atoms with Crippen LogP contribution >= 0.6 is 35.6 Å². The van der Waals surface area contributed by atoms with Crippen molar-refractivity contribution in [3.63, 3.8) is 0 Å². The van der Waals surface area contributed by atoms with Gasteiger partial charge in [-0.05, 0) is 37.5 Å². The van der Waals surface area contributed by atoms with E-state index < -0.39 is 11.4 Å². The van der Waals surface area contributed by atoms with Crippen LogP contribution in [0.4, 0.5) is 0 Å². The van der Waals surface area contributed by atoms with Crippen LogP contribution in [-0.4, -0.2) is 30.4 Å². The topological polar surface area (TPSA) is 84.2 Å². The highest BCUT2D eigenvalue weighted by Crippen LogP contribution is 2.22. The minimum Gasteiger partial charge on any atom is -0.348 e. The first-order valence-electron chi connectivity index (χ1n) is 7.41. The van der Waals surface area contributed by atoms with Gasteiger partial charge in [-0.15, -0.1) is 12.4 Å². The second-order valence-electron chi connectivity index (χ2n) is 6.22. The number of carbonyl (C=O) groups is 2. The van der Waals surface area contributed by atoms with Gasteiger partial charge in [-0.1, -0.05) is 37.0 Å². The molecule has 1 aromatic carbocycles. The van der Waals surface area contributed by atoms with E-state index in [0.29, 0.717) is 23.0 Å². The zero-order valence-electron chi connectivity index (χ0n) is 14.0. The first kappa shape index (κ1) is 23.0. The van der Waals surface area contributed by atoms with Crippen molar-refractivity contribution in [2.24, 2.45) is 11.7 Å². The average Bonchev–Trinajstić information content (AvgIpc) is 2.46. The first-order valence-corrected chi connectivity index (χ1v) is 8.17. The molecule has 1 atom stereocenters. The predicted molar refractivity (Wildman–Crippen MR) is 101 cm³/mol. The third kappa shape index (κ3) is 7.26. The van der Waals surface area contributed by atoms with Gasteiger partial charge in [0.15, 0.2) is 0 Å². The first-order chi connectivity index (χ1) is 10.7. The van der Waals surface area contributed by atoms with Gasteiger partial charge in [0.1, 0.15) is 0 Å². The molecule has 0 heterocycles. The fourth-order valence-electron chi connectivity index (χ4n) is 2.37. The summed E-state index contributed by atoms with van der Waals surface area (Å²) in [6, 6.07) is 4.54. The maximum Gasteiger partial charge on any atom is 0.251 e. The molecule has 0 radical (unpaired) electrons. The number of hydrogen-bond acceptors (Lipinski definition) is 3. The van der Waals surface area contributed by atoms with E-state index in [1.807, 2.05) is 6.92 Å². The summed E-state index contributed by atoms with van der Waals surface area (Å²) >= 11 is 11.7. The summed E-state index contributed by atoms with van der Waals surface area (Å²) in [5.74, 6) is -0.279. The van der Waals surface area contributed by atoms with Crippen molar-refractivity contribution in [3.05, 3.63) is 33.8 Å². The van der Waals surface area contributed by atoms with E-state index in [4.69, 9.17) is 28.9 Å². The number of nitrogens with two attached hydrogens (primary N) is 1. The molecule has 1 aromatic rings. The molecule has 4 N–H and O–H groups in total. The molecule has 0 aliphatic carbocycles. The molecule has 0 bridgehead atoms. The van der Waals surface area contributed by atoms with Crippen molar-refractivity contribution < 1.29 is 9.59 Å². The number of benzene rings is 1. The summed E-state index contributed by atoms with van der Waals surface area (Å²) in [6.45, 7) is 6.22. The van der Waals surface area contributed by atoms with E-state index in [2.05, 4.69) is 24.5 Å². The Hall–Kier alpha value is -1.01. The van der Waals surface area contributed by atoms with Gasteiger partial charge >= 0.3 is 0 Å². The van der Waals surface area contributed by atoms with Crippen molar-refractivity contribution in [3.8, 4) is 0 Å². The van der Waals surface area contributed by atoms with Gasteiger partial charge in [0.05, 0.1) is 16.6 Å². The molecule has 0 aromatic heterocycles. The van der Waals surface area contributed by atoms with Gasteiger partial charge in [-0.25, -0.2) is 0 Å². The number of hydrogen-bond donors (Lipinski definition) is 3. The Kier molecular flexibility index (Phi) is 9.66. The van der Waals surface area contributed by atoms with Gasteiger partial charge in [-0.2, -0.15) is 0 Å². The highest BCUT2D eigenvalue weighted by Gasteiger charge is 2.25. The van der Waals surface area contributed by atoms with Crippen molar-refractivity contribution in [1.82, 2.24) is 10.6 Å². The zero-order chi connectivity index (χ0) is 17.6. The lowest BCUT2D eigenvalue weighted by molar-refractivity contribution is -0.121. The molecule has 0 aliphatic heterocycles. The van der Waals surface area contributed by atoms with Crippen LogP contribution in [0.1, 0.15) is 37.6 Å². The van der Waals surface area contributed by atoms with Crippen LogP contribution < -0.4 is 16.4 Å². The largest absolute Gasteiger partial charge is 0.348 e. The van der Waals surface area contributed by atoms with Gasteiger partial charge in [-0.3, -0.25) is 9.59 Å². The van der Waals surface area contributed by atoms with Gasteiger partial charge in [0.2, 0.25) is 5.91 Å². The van der Waals surface area contributed by atoms with Crippen molar-refractivity contribution in [1.29, 1.82) is 0 Å². The second kappa shape index (κ2) is 10.1. The van der Waals surface area contributed by atoms with Gasteiger partial charge in [0, 0.05) is 17.6 Å². The Bertz CT molecular complexity index is 582. The van der Waals surface area contributed by atoms with E-state index in [1.54, 1.807) is 6.07 Å². The Morgan fingerprint density at radius 1 is 1.25 bits per heavy atom. The lowest BCUT2D eigenvalue weighted by Gasteiger charge is -2.31. The minimum absolute atomic E-state index is 0. The van der Waals surface area contributed by atoms with Crippen LogP contribution in [0.15, 0.2) is 18.2 Å². The number of nitrogens with one attached hydrogen (secondary N) is 2. The predicted octanol–water partition coefficient (Wildman–Crippen LogP) is 3.02. The van der Waals surface area contributed by atoms with Crippen LogP contribution in [0.25, 0.3) is 0 Å². The number of carbonyl (C=O) groups excluding carboxylic acids is 2. The fourth-order valence-corrected chi connectivity index (χ4v) is 2.67. The molecule has 0 aliphatic rings.